The second-order valence-corrected chi connectivity index (χ2v) is 10.7. The van der Waals surface area contributed by atoms with Crippen molar-refractivity contribution in [3.05, 3.63) is 94.8 Å². The normalized spacial score (nSPS) is 15.8. The maximum atomic E-state index is 13.6. The third kappa shape index (κ3) is 5.97. The van der Waals surface area contributed by atoms with Crippen molar-refractivity contribution in [2.75, 3.05) is 17.4 Å². The molecule has 3 aromatic carbocycles. The molecule has 0 spiro atoms. The predicted molar refractivity (Wildman–Crippen MR) is 127 cm³/mol. The fourth-order valence-electron chi connectivity index (χ4n) is 4.22. The molecule has 1 heterocycles. The van der Waals surface area contributed by atoms with Gasteiger partial charge in [-0.15, -0.1) is 0 Å². The van der Waals surface area contributed by atoms with E-state index in [1.807, 2.05) is 0 Å². The van der Waals surface area contributed by atoms with Crippen molar-refractivity contribution < 1.29 is 26.0 Å². The summed E-state index contributed by atoms with van der Waals surface area (Å²) in [6.07, 6.45) is -3.37. The fraction of sp³-hybridized carbons (Fsp3) is 0.280. The summed E-state index contributed by atoms with van der Waals surface area (Å²) in [6, 6.07) is 15.9. The molecule has 1 fully saturated rings. The molecule has 1 saturated heterocycles. The molecular formula is C25H23ClF4N2O2S. The van der Waals surface area contributed by atoms with Gasteiger partial charge in [0, 0.05) is 30.7 Å². The van der Waals surface area contributed by atoms with E-state index in [-0.39, 0.29) is 10.9 Å². The number of hydrogen-bond donors (Lipinski definition) is 0. The van der Waals surface area contributed by atoms with Gasteiger partial charge in [-0.05, 0) is 79.1 Å². The molecule has 0 aliphatic carbocycles. The highest BCUT2D eigenvalue weighted by Crippen LogP contribution is 2.32. The first-order valence-electron chi connectivity index (χ1n) is 11.0. The highest BCUT2D eigenvalue weighted by atomic mass is 35.5. The van der Waals surface area contributed by atoms with Gasteiger partial charge in [-0.2, -0.15) is 13.2 Å². The molecule has 35 heavy (non-hydrogen) atoms. The molecule has 0 aromatic heterocycles. The van der Waals surface area contributed by atoms with E-state index >= 15 is 0 Å². The number of anilines is 1. The molecule has 186 valence electrons. The molecule has 3 aromatic rings. The van der Waals surface area contributed by atoms with Gasteiger partial charge in [0.05, 0.1) is 16.1 Å². The lowest BCUT2D eigenvalue weighted by Gasteiger charge is -2.39. The average molecular weight is 527 g/mol. The summed E-state index contributed by atoms with van der Waals surface area (Å²) in [5.74, 6) is -0.469. The number of rotatable bonds is 6. The van der Waals surface area contributed by atoms with Gasteiger partial charge in [-0.3, -0.25) is 9.21 Å². The highest BCUT2D eigenvalue weighted by molar-refractivity contribution is 7.92. The van der Waals surface area contributed by atoms with Crippen LogP contribution < -0.4 is 4.31 Å². The zero-order chi connectivity index (χ0) is 25.2. The topological polar surface area (TPSA) is 40.6 Å². The van der Waals surface area contributed by atoms with Crippen LogP contribution in [0.1, 0.15) is 24.0 Å². The molecule has 4 nitrogen and oxygen atoms in total. The van der Waals surface area contributed by atoms with Crippen LogP contribution in [-0.4, -0.2) is 32.4 Å². The molecule has 0 radical (unpaired) electrons. The third-order valence-corrected chi connectivity index (χ3v) is 8.17. The van der Waals surface area contributed by atoms with Crippen molar-refractivity contribution in [2.24, 2.45) is 0 Å². The van der Waals surface area contributed by atoms with Gasteiger partial charge in [0.15, 0.2) is 0 Å². The quantitative estimate of drug-likeness (QED) is 0.351. The minimum Gasteiger partial charge on any atom is -0.299 e. The molecule has 0 bridgehead atoms. The third-order valence-electron chi connectivity index (χ3n) is 6.03. The lowest BCUT2D eigenvalue weighted by molar-refractivity contribution is -0.137. The summed E-state index contributed by atoms with van der Waals surface area (Å²) >= 11 is 5.93. The Morgan fingerprint density at radius 2 is 1.46 bits per heavy atom. The zero-order valence-corrected chi connectivity index (χ0v) is 20.1. The molecular weight excluding hydrogens is 504 g/mol. The minimum atomic E-state index is -4.38. The van der Waals surface area contributed by atoms with Crippen molar-refractivity contribution in [3.8, 4) is 0 Å². The predicted octanol–water partition coefficient (Wildman–Crippen LogP) is 6.36. The van der Waals surface area contributed by atoms with Crippen LogP contribution in [0.25, 0.3) is 0 Å². The number of likely N-dealkylation sites (tertiary alicyclic amines) is 1. The van der Waals surface area contributed by atoms with E-state index in [0.29, 0.717) is 43.2 Å². The van der Waals surface area contributed by atoms with Crippen LogP contribution in [-0.2, 0) is 22.7 Å². The summed E-state index contributed by atoms with van der Waals surface area (Å²) in [4.78, 5) is 2.16. The second-order valence-electron chi connectivity index (χ2n) is 8.43. The number of piperidine rings is 1. The van der Waals surface area contributed by atoms with Crippen molar-refractivity contribution in [2.45, 2.75) is 36.5 Å². The lowest BCUT2D eigenvalue weighted by Crippen LogP contribution is -2.47. The van der Waals surface area contributed by atoms with Crippen LogP contribution in [0.4, 0.5) is 23.2 Å². The van der Waals surface area contributed by atoms with Gasteiger partial charge in [0.2, 0.25) is 0 Å². The van der Waals surface area contributed by atoms with Crippen LogP contribution in [0.15, 0.2) is 77.7 Å². The van der Waals surface area contributed by atoms with Gasteiger partial charge in [-0.25, -0.2) is 12.8 Å². The molecule has 10 heteroatoms. The summed E-state index contributed by atoms with van der Waals surface area (Å²) < 4.78 is 80.5. The van der Waals surface area contributed by atoms with Crippen LogP contribution in [0, 0.1) is 5.82 Å². The van der Waals surface area contributed by atoms with Gasteiger partial charge in [-0.1, -0.05) is 23.7 Å². The summed E-state index contributed by atoms with van der Waals surface area (Å²) in [7, 11) is -3.95. The SMILES string of the molecule is O=S(=O)(c1ccc(Cl)cc1)N(c1ccc(F)cc1)C1CCN(Cc2ccc(C(F)(F)F)cc2)CC1. The van der Waals surface area contributed by atoms with E-state index in [1.165, 1.54) is 65.0 Å². The van der Waals surface area contributed by atoms with Crippen molar-refractivity contribution in [1.82, 2.24) is 4.90 Å². The van der Waals surface area contributed by atoms with Crippen molar-refractivity contribution >= 4 is 27.3 Å². The van der Waals surface area contributed by atoms with E-state index in [0.717, 1.165) is 17.7 Å². The van der Waals surface area contributed by atoms with E-state index in [2.05, 4.69) is 4.90 Å². The highest BCUT2D eigenvalue weighted by Gasteiger charge is 2.34. The smallest absolute Gasteiger partial charge is 0.299 e. The molecule has 1 aliphatic rings. The number of nitrogens with zero attached hydrogens (tertiary/aromatic N) is 2. The van der Waals surface area contributed by atoms with E-state index in [9.17, 15) is 26.0 Å². The molecule has 0 amide bonds. The summed E-state index contributed by atoms with van der Waals surface area (Å²) in [5.41, 5.74) is 0.422. The Morgan fingerprint density at radius 1 is 0.886 bits per heavy atom. The Labute approximate surface area is 206 Å². The standard InChI is InChI=1S/C25H23ClF4N2O2S/c26-20-5-11-24(12-6-20)35(33,34)32(22-9-7-21(27)8-10-22)23-13-15-31(16-14-23)17-18-1-3-19(4-2-18)25(28,29)30/h1-12,23H,13-17H2. The first-order chi connectivity index (χ1) is 16.5. The molecule has 4 rings (SSSR count). The van der Waals surface area contributed by atoms with E-state index in [4.69, 9.17) is 11.6 Å². The van der Waals surface area contributed by atoms with Gasteiger partial charge in [0.1, 0.15) is 5.82 Å². The minimum absolute atomic E-state index is 0.0819. The Morgan fingerprint density at radius 3 is 2.00 bits per heavy atom. The maximum absolute atomic E-state index is 13.6. The Hall–Kier alpha value is -2.62. The Balaban J connectivity index is 1.52. The number of halogens is 5. The number of hydrogen-bond acceptors (Lipinski definition) is 3. The van der Waals surface area contributed by atoms with Gasteiger partial charge in [0.25, 0.3) is 10.0 Å². The molecule has 0 unspecified atom stereocenters. The number of alkyl halides is 3. The van der Waals surface area contributed by atoms with Crippen LogP contribution in [0.2, 0.25) is 5.02 Å². The van der Waals surface area contributed by atoms with Crippen LogP contribution in [0.3, 0.4) is 0 Å². The van der Waals surface area contributed by atoms with Gasteiger partial charge >= 0.3 is 6.18 Å². The van der Waals surface area contributed by atoms with Crippen molar-refractivity contribution in [1.29, 1.82) is 0 Å². The second kappa shape index (κ2) is 10.2. The maximum Gasteiger partial charge on any atom is 0.416 e. The number of benzene rings is 3. The first-order valence-corrected chi connectivity index (χ1v) is 12.8. The Bertz CT molecular complexity index is 1240. The number of sulfonamides is 1. The fourth-order valence-corrected chi connectivity index (χ4v) is 6.06. The van der Waals surface area contributed by atoms with Crippen molar-refractivity contribution in [3.63, 3.8) is 0 Å². The summed E-state index contributed by atoms with van der Waals surface area (Å²) in [6.45, 7) is 1.57. The Kier molecular flexibility index (Phi) is 7.40. The first kappa shape index (κ1) is 25.5. The monoisotopic (exact) mass is 526 g/mol. The average Bonchev–Trinajstić information content (AvgIpc) is 2.82. The van der Waals surface area contributed by atoms with E-state index in [1.54, 1.807) is 0 Å². The zero-order valence-electron chi connectivity index (χ0n) is 18.6. The van der Waals surface area contributed by atoms with E-state index < -0.39 is 27.6 Å². The molecule has 0 saturated carbocycles. The molecule has 1 aliphatic heterocycles. The van der Waals surface area contributed by atoms with Crippen LogP contribution in [0.5, 0.6) is 0 Å². The lowest BCUT2D eigenvalue weighted by atomic mass is 10.0. The van der Waals surface area contributed by atoms with Gasteiger partial charge < -0.3 is 0 Å². The van der Waals surface area contributed by atoms with Crippen LogP contribution >= 0.6 is 11.6 Å². The molecule has 0 N–H and O–H groups in total. The largest absolute Gasteiger partial charge is 0.416 e. The summed E-state index contributed by atoms with van der Waals surface area (Å²) in [5, 5.41) is 0.411. The molecule has 0 atom stereocenters.